The SMILES string of the molecule is Cc1cccc(N2CCN(CCN3CCNC3=O)CC2)c1C. The Kier molecular flexibility index (Phi) is 4.52. The minimum Gasteiger partial charge on any atom is -0.369 e. The molecule has 2 saturated heterocycles. The Morgan fingerprint density at radius 1 is 1.05 bits per heavy atom. The monoisotopic (exact) mass is 302 g/mol. The third kappa shape index (κ3) is 3.19. The van der Waals surface area contributed by atoms with Gasteiger partial charge in [-0.2, -0.15) is 0 Å². The number of benzene rings is 1. The van der Waals surface area contributed by atoms with Crippen LogP contribution < -0.4 is 10.2 Å². The fourth-order valence-electron chi connectivity index (χ4n) is 3.28. The van der Waals surface area contributed by atoms with E-state index in [0.717, 1.165) is 52.4 Å². The molecule has 0 bridgehead atoms. The fourth-order valence-corrected chi connectivity index (χ4v) is 3.28. The smallest absolute Gasteiger partial charge is 0.317 e. The Bertz CT molecular complexity index is 537. The Hall–Kier alpha value is -1.75. The molecule has 0 spiro atoms. The molecule has 120 valence electrons. The molecule has 2 amide bonds. The van der Waals surface area contributed by atoms with Crippen LogP contribution >= 0.6 is 0 Å². The van der Waals surface area contributed by atoms with E-state index >= 15 is 0 Å². The first-order valence-corrected chi connectivity index (χ1v) is 8.21. The zero-order chi connectivity index (χ0) is 15.5. The summed E-state index contributed by atoms with van der Waals surface area (Å²) in [6, 6.07) is 6.65. The van der Waals surface area contributed by atoms with Gasteiger partial charge in [0.2, 0.25) is 0 Å². The average molecular weight is 302 g/mol. The summed E-state index contributed by atoms with van der Waals surface area (Å²) < 4.78 is 0. The number of anilines is 1. The van der Waals surface area contributed by atoms with E-state index in [1.54, 1.807) is 0 Å². The average Bonchev–Trinajstić information content (AvgIpc) is 2.94. The molecule has 1 aromatic carbocycles. The fraction of sp³-hybridized carbons (Fsp3) is 0.588. The number of amides is 2. The normalized spacial score (nSPS) is 19.6. The summed E-state index contributed by atoms with van der Waals surface area (Å²) >= 11 is 0. The van der Waals surface area contributed by atoms with Crippen LogP contribution in [0.15, 0.2) is 18.2 Å². The number of carbonyl (C=O) groups is 1. The summed E-state index contributed by atoms with van der Waals surface area (Å²) in [5, 5.41) is 2.86. The topological polar surface area (TPSA) is 38.8 Å². The van der Waals surface area contributed by atoms with Crippen LogP contribution in [0, 0.1) is 13.8 Å². The Balaban J connectivity index is 1.50. The highest BCUT2D eigenvalue weighted by Crippen LogP contribution is 2.23. The minimum absolute atomic E-state index is 0.0917. The molecule has 2 heterocycles. The molecular weight excluding hydrogens is 276 g/mol. The van der Waals surface area contributed by atoms with E-state index in [4.69, 9.17) is 0 Å². The van der Waals surface area contributed by atoms with Crippen molar-refractivity contribution in [3.8, 4) is 0 Å². The van der Waals surface area contributed by atoms with Crippen LogP contribution in [0.25, 0.3) is 0 Å². The maximum absolute atomic E-state index is 11.5. The van der Waals surface area contributed by atoms with Crippen molar-refractivity contribution < 1.29 is 4.79 Å². The Labute approximate surface area is 132 Å². The van der Waals surface area contributed by atoms with E-state index < -0.39 is 0 Å². The van der Waals surface area contributed by atoms with Crippen LogP contribution in [0.1, 0.15) is 11.1 Å². The molecule has 2 aliphatic rings. The van der Waals surface area contributed by atoms with Crippen molar-refractivity contribution in [2.24, 2.45) is 0 Å². The van der Waals surface area contributed by atoms with Crippen molar-refractivity contribution in [3.63, 3.8) is 0 Å². The molecule has 22 heavy (non-hydrogen) atoms. The lowest BCUT2D eigenvalue weighted by atomic mass is 10.1. The first-order chi connectivity index (χ1) is 10.6. The van der Waals surface area contributed by atoms with E-state index in [1.807, 2.05) is 4.90 Å². The molecule has 0 aliphatic carbocycles. The van der Waals surface area contributed by atoms with Crippen molar-refractivity contribution in [2.75, 3.05) is 57.3 Å². The molecule has 0 aromatic heterocycles. The van der Waals surface area contributed by atoms with Crippen molar-refractivity contribution in [1.82, 2.24) is 15.1 Å². The minimum atomic E-state index is 0.0917. The Morgan fingerprint density at radius 2 is 1.82 bits per heavy atom. The summed E-state index contributed by atoms with van der Waals surface area (Å²) in [6.45, 7) is 12.1. The van der Waals surface area contributed by atoms with Gasteiger partial charge in [0.1, 0.15) is 0 Å². The number of carbonyl (C=O) groups excluding carboxylic acids is 1. The second-order valence-electron chi connectivity index (χ2n) is 6.27. The number of urea groups is 1. The van der Waals surface area contributed by atoms with Gasteiger partial charge in [-0.15, -0.1) is 0 Å². The van der Waals surface area contributed by atoms with Gasteiger partial charge in [0, 0.05) is 58.0 Å². The third-order valence-corrected chi connectivity index (χ3v) is 4.92. The second-order valence-corrected chi connectivity index (χ2v) is 6.27. The molecule has 5 heteroatoms. The van der Waals surface area contributed by atoms with Crippen molar-refractivity contribution >= 4 is 11.7 Å². The van der Waals surface area contributed by atoms with Crippen LogP contribution in [0.3, 0.4) is 0 Å². The maximum Gasteiger partial charge on any atom is 0.317 e. The molecule has 5 nitrogen and oxygen atoms in total. The van der Waals surface area contributed by atoms with Gasteiger partial charge in [-0.05, 0) is 31.0 Å². The summed E-state index contributed by atoms with van der Waals surface area (Å²) in [7, 11) is 0. The number of aryl methyl sites for hydroxylation is 1. The standard InChI is InChI=1S/C17H26N4O/c1-14-4-3-5-16(15(14)2)20-11-8-19(9-12-20)10-13-21-7-6-18-17(21)22/h3-5H,6-13H2,1-2H3,(H,18,22). The van der Waals surface area contributed by atoms with Crippen LogP contribution in [0.4, 0.5) is 10.5 Å². The highest BCUT2D eigenvalue weighted by atomic mass is 16.2. The number of rotatable bonds is 4. The molecule has 0 saturated carbocycles. The van der Waals surface area contributed by atoms with Crippen molar-refractivity contribution in [3.05, 3.63) is 29.3 Å². The van der Waals surface area contributed by atoms with Gasteiger partial charge in [0.25, 0.3) is 0 Å². The van der Waals surface area contributed by atoms with E-state index in [0.29, 0.717) is 0 Å². The molecule has 1 aromatic rings. The molecule has 2 aliphatic heterocycles. The lowest BCUT2D eigenvalue weighted by molar-refractivity contribution is 0.197. The predicted octanol–water partition coefficient (Wildman–Crippen LogP) is 1.45. The number of piperazine rings is 1. The van der Waals surface area contributed by atoms with Gasteiger partial charge in [-0.25, -0.2) is 4.79 Å². The molecule has 1 N–H and O–H groups in total. The zero-order valence-corrected chi connectivity index (χ0v) is 13.6. The molecular formula is C17H26N4O. The van der Waals surface area contributed by atoms with Gasteiger partial charge in [-0.1, -0.05) is 12.1 Å². The number of hydrogen-bond acceptors (Lipinski definition) is 3. The van der Waals surface area contributed by atoms with Crippen molar-refractivity contribution in [2.45, 2.75) is 13.8 Å². The number of nitrogens with one attached hydrogen (secondary N) is 1. The first kappa shape index (κ1) is 15.2. The zero-order valence-electron chi connectivity index (χ0n) is 13.6. The van der Waals surface area contributed by atoms with Gasteiger partial charge < -0.3 is 15.1 Å². The van der Waals surface area contributed by atoms with Crippen LogP contribution in [0.2, 0.25) is 0 Å². The Morgan fingerprint density at radius 3 is 2.50 bits per heavy atom. The molecule has 3 rings (SSSR count). The number of hydrogen-bond donors (Lipinski definition) is 1. The van der Waals surface area contributed by atoms with Gasteiger partial charge >= 0.3 is 6.03 Å². The van der Waals surface area contributed by atoms with Gasteiger partial charge in [-0.3, -0.25) is 4.90 Å². The lowest BCUT2D eigenvalue weighted by Gasteiger charge is -2.37. The van der Waals surface area contributed by atoms with Crippen LogP contribution in [0.5, 0.6) is 0 Å². The highest BCUT2D eigenvalue weighted by Gasteiger charge is 2.22. The lowest BCUT2D eigenvalue weighted by Crippen LogP contribution is -2.49. The van der Waals surface area contributed by atoms with E-state index in [1.165, 1.54) is 16.8 Å². The molecule has 0 radical (unpaired) electrons. The maximum atomic E-state index is 11.5. The van der Waals surface area contributed by atoms with E-state index in [2.05, 4.69) is 47.2 Å². The largest absolute Gasteiger partial charge is 0.369 e. The summed E-state index contributed by atoms with van der Waals surface area (Å²) in [4.78, 5) is 18.4. The van der Waals surface area contributed by atoms with Gasteiger partial charge in [0.05, 0.1) is 0 Å². The highest BCUT2D eigenvalue weighted by molar-refractivity contribution is 5.76. The van der Waals surface area contributed by atoms with E-state index in [9.17, 15) is 4.79 Å². The molecule has 0 atom stereocenters. The van der Waals surface area contributed by atoms with Crippen LogP contribution in [-0.2, 0) is 0 Å². The van der Waals surface area contributed by atoms with Crippen molar-refractivity contribution in [1.29, 1.82) is 0 Å². The molecule has 0 unspecified atom stereocenters. The summed E-state index contributed by atoms with van der Waals surface area (Å²) in [6.07, 6.45) is 0. The van der Waals surface area contributed by atoms with E-state index in [-0.39, 0.29) is 6.03 Å². The summed E-state index contributed by atoms with van der Waals surface area (Å²) in [5.74, 6) is 0. The predicted molar refractivity (Wildman–Crippen MR) is 89.5 cm³/mol. The second kappa shape index (κ2) is 6.57. The number of nitrogens with zero attached hydrogens (tertiary/aromatic N) is 3. The van der Waals surface area contributed by atoms with Crippen LogP contribution in [-0.4, -0.2) is 68.2 Å². The quantitative estimate of drug-likeness (QED) is 0.915. The third-order valence-electron chi connectivity index (χ3n) is 4.92. The molecule has 2 fully saturated rings. The van der Waals surface area contributed by atoms with Gasteiger partial charge in [0.15, 0.2) is 0 Å². The first-order valence-electron chi connectivity index (χ1n) is 8.21. The summed E-state index contributed by atoms with van der Waals surface area (Å²) in [5.41, 5.74) is 4.13.